The van der Waals surface area contributed by atoms with Gasteiger partial charge >= 0.3 is 0 Å². The summed E-state index contributed by atoms with van der Waals surface area (Å²) in [4.78, 5) is 51.5. The minimum atomic E-state index is -0.390. The fourth-order valence-corrected chi connectivity index (χ4v) is 3.73. The standard InChI is InChI=1S/C27H23NO4/c1-27(2,3)19-12-8-17(9-13-19)23(29)16-24(30)18-10-14-20(15-11-18)28-25(31)21-6-4-5-7-22(21)26(28)32/h4-15H,16H2,1-3H3. The number of hydrogen-bond donors (Lipinski definition) is 0. The van der Waals surface area contributed by atoms with Gasteiger partial charge in [0.1, 0.15) is 0 Å². The smallest absolute Gasteiger partial charge is 0.266 e. The summed E-state index contributed by atoms with van der Waals surface area (Å²) in [5.41, 5.74) is 3.06. The molecule has 2 amide bonds. The lowest BCUT2D eigenvalue weighted by atomic mass is 9.86. The first-order valence-corrected chi connectivity index (χ1v) is 10.4. The number of anilines is 1. The molecule has 32 heavy (non-hydrogen) atoms. The number of imide groups is 1. The zero-order valence-corrected chi connectivity index (χ0v) is 18.2. The van der Waals surface area contributed by atoms with Gasteiger partial charge in [-0.1, -0.05) is 57.2 Å². The molecule has 0 N–H and O–H groups in total. The molecule has 1 heterocycles. The van der Waals surface area contributed by atoms with E-state index in [1.807, 2.05) is 12.1 Å². The zero-order chi connectivity index (χ0) is 23.0. The van der Waals surface area contributed by atoms with Crippen LogP contribution >= 0.6 is 0 Å². The summed E-state index contributed by atoms with van der Waals surface area (Å²) in [6.45, 7) is 6.29. The molecule has 4 rings (SSSR count). The molecule has 160 valence electrons. The van der Waals surface area contributed by atoms with Crippen molar-refractivity contribution in [3.05, 3.63) is 101 Å². The Bertz CT molecular complexity index is 1200. The number of Topliss-reactive ketones (excluding diaryl/α,β-unsaturated/α-hetero) is 2. The van der Waals surface area contributed by atoms with Crippen LogP contribution in [0.2, 0.25) is 0 Å². The number of ketones is 2. The second-order valence-electron chi connectivity index (χ2n) is 8.89. The van der Waals surface area contributed by atoms with E-state index in [4.69, 9.17) is 0 Å². The third kappa shape index (κ3) is 3.89. The first-order chi connectivity index (χ1) is 15.2. The maximum absolute atomic E-state index is 12.6. The van der Waals surface area contributed by atoms with Crippen LogP contribution in [0.4, 0.5) is 5.69 Å². The van der Waals surface area contributed by atoms with Gasteiger partial charge in [0.25, 0.3) is 11.8 Å². The monoisotopic (exact) mass is 425 g/mol. The molecule has 0 aliphatic carbocycles. The van der Waals surface area contributed by atoms with E-state index in [-0.39, 0.29) is 23.4 Å². The van der Waals surface area contributed by atoms with Crippen LogP contribution in [0.5, 0.6) is 0 Å². The van der Waals surface area contributed by atoms with Gasteiger partial charge in [0.2, 0.25) is 0 Å². The molecule has 3 aromatic rings. The summed E-state index contributed by atoms with van der Waals surface area (Å²) in [6.07, 6.45) is -0.249. The number of nitrogens with zero attached hydrogens (tertiary/aromatic N) is 1. The van der Waals surface area contributed by atoms with Gasteiger partial charge in [-0.15, -0.1) is 0 Å². The van der Waals surface area contributed by atoms with Crippen LogP contribution in [0.15, 0.2) is 72.8 Å². The summed E-state index contributed by atoms with van der Waals surface area (Å²) < 4.78 is 0. The number of carbonyl (C=O) groups is 4. The first kappa shape index (κ1) is 21.4. The molecule has 5 nitrogen and oxygen atoms in total. The van der Waals surface area contributed by atoms with Crippen LogP contribution in [-0.2, 0) is 5.41 Å². The van der Waals surface area contributed by atoms with Crippen molar-refractivity contribution in [2.24, 2.45) is 0 Å². The molecule has 0 aromatic heterocycles. The van der Waals surface area contributed by atoms with Crippen molar-refractivity contribution in [2.45, 2.75) is 32.6 Å². The highest BCUT2D eigenvalue weighted by Crippen LogP contribution is 2.28. The fraction of sp³-hybridized carbons (Fsp3) is 0.185. The molecule has 0 atom stereocenters. The van der Waals surface area contributed by atoms with Crippen molar-refractivity contribution >= 4 is 29.1 Å². The summed E-state index contributed by atoms with van der Waals surface area (Å²) in [6, 6.07) is 20.2. The van der Waals surface area contributed by atoms with Gasteiger partial charge in [-0.3, -0.25) is 19.2 Å². The van der Waals surface area contributed by atoms with Crippen molar-refractivity contribution in [2.75, 3.05) is 4.90 Å². The van der Waals surface area contributed by atoms with Gasteiger partial charge < -0.3 is 0 Å². The van der Waals surface area contributed by atoms with E-state index in [2.05, 4.69) is 20.8 Å². The van der Waals surface area contributed by atoms with Gasteiger partial charge in [-0.05, 0) is 47.4 Å². The predicted octanol–water partition coefficient (Wildman–Crippen LogP) is 5.24. The molecule has 0 radical (unpaired) electrons. The Morgan fingerprint density at radius 2 is 1.12 bits per heavy atom. The van der Waals surface area contributed by atoms with Crippen LogP contribution in [-0.4, -0.2) is 23.4 Å². The van der Waals surface area contributed by atoms with E-state index in [0.29, 0.717) is 27.9 Å². The van der Waals surface area contributed by atoms with Crippen molar-refractivity contribution in [1.29, 1.82) is 0 Å². The third-order valence-corrected chi connectivity index (χ3v) is 5.64. The summed E-state index contributed by atoms with van der Waals surface area (Å²) in [5, 5.41) is 0. The highest BCUT2D eigenvalue weighted by atomic mass is 16.2. The Morgan fingerprint density at radius 1 is 0.688 bits per heavy atom. The zero-order valence-electron chi connectivity index (χ0n) is 18.2. The molecule has 0 unspecified atom stereocenters. The van der Waals surface area contributed by atoms with Crippen molar-refractivity contribution < 1.29 is 19.2 Å². The van der Waals surface area contributed by atoms with Gasteiger partial charge in [0, 0.05) is 11.1 Å². The van der Waals surface area contributed by atoms with E-state index >= 15 is 0 Å². The SMILES string of the molecule is CC(C)(C)c1ccc(C(=O)CC(=O)c2ccc(N3C(=O)c4ccccc4C3=O)cc2)cc1. The van der Waals surface area contributed by atoms with Crippen molar-refractivity contribution in [3.63, 3.8) is 0 Å². The van der Waals surface area contributed by atoms with Crippen LogP contribution < -0.4 is 4.90 Å². The van der Waals surface area contributed by atoms with Gasteiger partial charge in [-0.25, -0.2) is 4.90 Å². The molecule has 1 aliphatic rings. The fourth-order valence-electron chi connectivity index (χ4n) is 3.73. The molecule has 0 spiro atoms. The molecule has 0 bridgehead atoms. The maximum Gasteiger partial charge on any atom is 0.266 e. The number of amides is 2. The largest absolute Gasteiger partial charge is 0.294 e. The van der Waals surface area contributed by atoms with E-state index in [0.717, 1.165) is 10.5 Å². The van der Waals surface area contributed by atoms with Crippen LogP contribution in [0.3, 0.4) is 0 Å². The first-order valence-electron chi connectivity index (χ1n) is 10.4. The van der Waals surface area contributed by atoms with Crippen molar-refractivity contribution in [1.82, 2.24) is 0 Å². The van der Waals surface area contributed by atoms with Gasteiger partial charge in [-0.2, -0.15) is 0 Å². The number of fused-ring (bicyclic) bond motifs is 1. The minimum absolute atomic E-state index is 0.0153. The van der Waals surface area contributed by atoms with Crippen LogP contribution in [0.1, 0.15) is 74.2 Å². The van der Waals surface area contributed by atoms with Crippen molar-refractivity contribution in [3.8, 4) is 0 Å². The van der Waals surface area contributed by atoms with Gasteiger partial charge in [0.15, 0.2) is 11.6 Å². The van der Waals surface area contributed by atoms with Crippen LogP contribution in [0.25, 0.3) is 0 Å². The number of hydrogen-bond acceptors (Lipinski definition) is 4. The summed E-state index contributed by atoms with van der Waals surface area (Å²) >= 11 is 0. The van der Waals surface area contributed by atoms with E-state index in [9.17, 15) is 19.2 Å². The van der Waals surface area contributed by atoms with Crippen LogP contribution in [0, 0.1) is 0 Å². The Morgan fingerprint density at radius 3 is 1.56 bits per heavy atom. The lowest BCUT2D eigenvalue weighted by Crippen LogP contribution is -2.29. The summed E-state index contributed by atoms with van der Waals surface area (Å²) in [7, 11) is 0. The second kappa shape index (κ2) is 8.00. The quantitative estimate of drug-likeness (QED) is 0.318. The third-order valence-electron chi connectivity index (χ3n) is 5.64. The molecule has 0 saturated heterocycles. The Hall–Kier alpha value is -3.86. The number of benzene rings is 3. The molecule has 1 aliphatic heterocycles. The summed E-state index contributed by atoms with van der Waals surface area (Å²) in [5.74, 6) is -1.35. The predicted molar refractivity (Wildman–Crippen MR) is 122 cm³/mol. The minimum Gasteiger partial charge on any atom is -0.294 e. The Labute approximate surface area is 186 Å². The van der Waals surface area contributed by atoms with E-state index in [1.54, 1.807) is 48.5 Å². The normalized spacial score (nSPS) is 13.3. The lowest BCUT2D eigenvalue weighted by molar-refractivity contribution is 0.0888. The number of carbonyl (C=O) groups excluding carboxylic acids is 4. The van der Waals surface area contributed by atoms with E-state index < -0.39 is 11.8 Å². The molecular formula is C27H23NO4. The maximum atomic E-state index is 12.6. The molecular weight excluding hydrogens is 402 g/mol. The molecule has 3 aromatic carbocycles. The topological polar surface area (TPSA) is 71.5 Å². The van der Waals surface area contributed by atoms with E-state index in [1.165, 1.54) is 12.1 Å². The Kier molecular flexibility index (Phi) is 5.35. The second-order valence-corrected chi connectivity index (χ2v) is 8.89. The number of rotatable bonds is 5. The molecule has 5 heteroatoms. The van der Waals surface area contributed by atoms with Gasteiger partial charge in [0.05, 0.1) is 23.2 Å². The molecule has 0 fully saturated rings. The molecule has 0 saturated carbocycles. The lowest BCUT2D eigenvalue weighted by Gasteiger charge is -2.19. The average Bonchev–Trinajstić information content (AvgIpc) is 3.03. The highest BCUT2D eigenvalue weighted by Gasteiger charge is 2.36. The Balaban J connectivity index is 1.47. The highest BCUT2D eigenvalue weighted by molar-refractivity contribution is 6.34. The average molecular weight is 425 g/mol.